The van der Waals surface area contributed by atoms with E-state index < -0.39 is 0 Å². The molecular weight excluding hydrogens is 302 g/mol. The first-order valence-electron chi connectivity index (χ1n) is 8.10. The van der Waals surface area contributed by atoms with Gasteiger partial charge in [-0.1, -0.05) is 42.5 Å². The van der Waals surface area contributed by atoms with E-state index in [0.29, 0.717) is 25.1 Å². The van der Waals surface area contributed by atoms with E-state index in [9.17, 15) is 9.59 Å². The maximum Gasteiger partial charge on any atom is 0.334 e. The number of hydrogen-bond donors (Lipinski definition) is 0. The molecule has 0 spiro atoms. The van der Waals surface area contributed by atoms with Crippen LogP contribution in [0.1, 0.15) is 25.8 Å². The zero-order chi connectivity index (χ0) is 17.5. The molecule has 0 saturated carbocycles. The van der Waals surface area contributed by atoms with Crippen molar-refractivity contribution in [2.24, 2.45) is 0 Å². The summed E-state index contributed by atoms with van der Waals surface area (Å²) in [5.74, 6) is -0.356. The van der Waals surface area contributed by atoms with Crippen LogP contribution in [0.15, 0.2) is 48.0 Å². The Balaban J connectivity index is 2.35. The quantitative estimate of drug-likeness (QED) is 0.601. The highest BCUT2D eigenvalue weighted by molar-refractivity contribution is 5.98. The fraction of sp³-hybridized carbons (Fsp3) is 0.300. The molecule has 2 aromatic carbocycles. The second kappa shape index (κ2) is 8.29. The average Bonchev–Trinajstić information content (AvgIpc) is 2.58. The minimum atomic E-state index is -0.331. The summed E-state index contributed by atoms with van der Waals surface area (Å²) >= 11 is 0. The van der Waals surface area contributed by atoms with E-state index >= 15 is 0 Å². The second-order valence-corrected chi connectivity index (χ2v) is 5.65. The smallest absolute Gasteiger partial charge is 0.334 e. The van der Waals surface area contributed by atoms with E-state index in [1.54, 1.807) is 18.9 Å². The van der Waals surface area contributed by atoms with Gasteiger partial charge >= 0.3 is 5.97 Å². The lowest BCUT2D eigenvalue weighted by Crippen LogP contribution is -2.26. The van der Waals surface area contributed by atoms with Gasteiger partial charge in [-0.2, -0.15) is 0 Å². The van der Waals surface area contributed by atoms with Crippen LogP contribution in [-0.4, -0.2) is 37.0 Å². The molecule has 0 fully saturated rings. The lowest BCUT2D eigenvalue weighted by molar-refractivity contribution is -0.139. The molecule has 0 bridgehead atoms. The maximum atomic E-state index is 12.3. The van der Waals surface area contributed by atoms with Crippen molar-refractivity contribution in [1.29, 1.82) is 0 Å². The number of carbonyl (C=O) groups is 2. The van der Waals surface area contributed by atoms with Crippen molar-refractivity contribution in [2.45, 2.75) is 20.3 Å². The van der Waals surface area contributed by atoms with Gasteiger partial charge in [0, 0.05) is 26.1 Å². The van der Waals surface area contributed by atoms with Crippen molar-refractivity contribution >= 4 is 28.7 Å². The highest BCUT2D eigenvalue weighted by atomic mass is 16.5. The topological polar surface area (TPSA) is 46.6 Å². The molecule has 2 aromatic rings. The summed E-state index contributed by atoms with van der Waals surface area (Å²) in [6, 6.07) is 14.0. The van der Waals surface area contributed by atoms with Crippen LogP contribution >= 0.6 is 0 Å². The van der Waals surface area contributed by atoms with Crippen LogP contribution in [0.3, 0.4) is 0 Å². The number of ether oxygens (including phenoxy) is 1. The van der Waals surface area contributed by atoms with Crippen LogP contribution in [0.25, 0.3) is 16.8 Å². The largest absolute Gasteiger partial charge is 0.463 e. The van der Waals surface area contributed by atoms with E-state index in [0.717, 1.165) is 16.3 Å². The van der Waals surface area contributed by atoms with E-state index in [4.69, 9.17) is 4.74 Å². The standard InChI is InChI=1S/C20H23NO3/c1-4-24-20(23)18(12-13-21(3)15(2)22)14-17-10-7-9-16-8-5-6-11-19(16)17/h5-11,14H,4,12-13H2,1-3H3. The summed E-state index contributed by atoms with van der Waals surface area (Å²) in [6.45, 7) is 4.10. The number of benzene rings is 2. The third-order valence-electron chi connectivity index (χ3n) is 3.94. The Kier molecular flexibility index (Phi) is 6.13. The molecule has 1 amide bonds. The van der Waals surface area contributed by atoms with Crippen LogP contribution in [0.2, 0.25) is 0 Å². The molecule has 0 unspecified atom stereocenters. The maximum absolute atomic E-state index is 12.3. The van der Waals surface area contributed by atoms with Crippen LogP contribution < -0.4 is 0 Å². The van der Waals surface area contributed by atoms with Gasteiger partial charge in [0.25, 0.3) is 0 Å². The molecule has 126 valence electrons. The predicted octanol–water partition coefficient (Wildman–Crippen LogP) is 3.65. The summed E-state index contributed by atoms with van der Waals surface area (Å²) < 4.78 is 5.17. The van der Waals surface area contributed by atoms with Crippen molar-refractivity contribution in [3.63, 3.8) is 0 Å². The molecule has 0 heterocycles. The van der Waals surface area contributed by atoms with E-state index in [1.165, 1.54) is 6.92 Å². The van der Waals surface area contributed by atoms with Gasteiger partial charge in [-0.05, 0) is 35.8 Å². The fourth-order valence-electron chi connectivity index (χ4n) is 2.47. The van der Waals surface area contributed by atoms with E-state index in [-0.39, 0.29) is 11.9 Å². The molecule has 0 aliphatic heterocycles. The monoisotopic (exact) mass is 325 g/mol. The van der Waals surface area contributed by atoms with Gasteiger partial charge in [-0.25, -0.2) is 4.79 Å². The van der Waals surface area contributed by atoms with Gasteiger partial charge in [0.1, 0.15) is 0 Å². The Morgan fingerprint density at radius 3 is 2.54 bits per heavy atom. The highest BCUT2D eigenvalue weighted by Gasteiger charge is 2.13. The number of amides is 1. The number of rotatable bonds is 6. The number of carbonyl (C=O) groups excluding carboxylic acids is 2. The lowest BCUT2D eigenvalue weighted by atomic mass is 10.0. The van der Waals surface area contributed by atoms with Crippen molar-refractivity contribution < 1.29 is 14.3 Å². The molecule has 0 aliphatic rings. The number of fused-ring (bicyclic) bond motifs is 1. The Bertz CT molecular complexity index is 759. The van der Waals surface area contributed by atoms with Crippen LogP contribution in [0, 0.1) is 0 Å². The molecule has 0 radical (unpaired) electrons. The molecule has 0 N–H and O–H groups in total. The molecule has 4 nitrogen and oxygen atoms in total. The minimum absolute atomic E-state index is 0.0247. The highest BCUT2D eigenvalue weighted by Crippen LogP contribution is 2.22. The molecular formula is C20H23NO3. The lowest BCUT2D eigenvalue weighted by Gasteiger charge is -2.16. The second-order valence-electron chi connectivity index (χ2n) is 5.65. The van der Waals surface area contributed by atoms with Gasteiger partial charge in [-0.3, -0.25) is 4.79 Å². The molecule has 0 aliphatic carbocycles. The Labute approximate surface area is 142 Å². The molecule has 2 rings (SSSR count). The van der Waals surface area contributed by atoms with Crippen molar-refractivity contribution in [1.82, 2.24) is 4.90 Å². The van der Waals surface area contributed by atoms with Crippen LogP contribution in [0.4, 0.5) is 0 Å². The summed E-state index contributed by atoms with van der Waals surface area (Å²) in [5.41, 5.74) is 1.54. The van der Waals surface area contributed by atoms with Crippen molar-refractivity contribution in [3.05, 3.63) is 53.6 Å². The fourth-order valence-corrected chi connectivity index (χ4v) is 2.47. The number of hydrogen-bond acceptors (Lipinski definition) is 3. The zero-order valence-corrected chi connectivity index (χ0v) is 14.4. The van der Waals surface area contributed by atoms with E-state index in [1.807, 2.05) is 48.5 Å². The van der Waals surface area contributed by atoms with Gasteiger partial charge < -0.3 is 9.64 Å². The molecule has 24 heavy (non-hydrogen) atoms. The molecule has 0 aromatic heterocycles. The first-order chi connectivity index (χ1) is 11.5. The average molecular weight is 325 g/mol. The first-order valence-corrected chi connectivity index (χ1v) is 8.10. The summed E-state index contributed by atoms with van der Waals surface area (Å²) in [7, 11) is 1.73. The van der Waals surface area contributed by atoms with Crippen LogP contribution in [-0.2, 0) is 14.3 Å². The molecule has 0 saturated heterocycles. The van der Waals surface area contributed by atoms with Crippen molar-refractivity contribution in [3.8, 4) is 0 Å². The summed E-state index contributed by atoms with van der Waals surface area (Å²) in [5, 5.41) is 2.21. The number of nitrogens with zero attached hydrogens (tertiary/aromatic N) is 1. The Morgan fingerprint density at radius 1 is 1.12 bits per heavy atom. The third kappa shape index (κ3) is 4.44. The molecule has 0 atom stereocenters. The molecule has 4 heteroatoms. The third-order valence-corrected chi connectivity index (χ3v) is 3.94. The minimum Gasteiger partial charge on any atom is -0.463 e. The van der Waals surface area contributed by atoms with Gasteiger partial charge in [0.05, 0.1) is 6.61 Å². The first kappa shape index (κ1) is 17.7. The van der Waals surface area contributed by atoms with Crippen molar-refractivity contribution in [2.75, 3.05) is 20.2 Å². The Morgan fingerprint density at radius 2 is 1.83 bits per heavy atom. The Hall–Kier alpha value is -2.62. The van der Waals surface area contributed by atoms with Gasteiger partial charge in [-0.15, -0.1) is 0 Å². The number of esters is 1. The zero-order valence-electron chi connectivity index (χ0n) is 14.4. The van der Waals surface area contributed by atoms with Crippen LogP contribution in [0.5, 0.6) is 0 Å². The predicted molar refractivity (Wildman–Crippen MR) is 96.5 cm³/mol. The van der Waals surface area contributed by atoms with E-state index in [2.05, 4.69) is 0 Å². The SMILES string of the molecule is CCOC(=O)C(=Cc1cccc2ccccc12)CCN(C)C(C)=O. The summed E-state index contributed by atoms with van der Waals surface area (Å²) in [4.78, 5) is 25.2. The normalized spacial score (nSPS) is 11.4. The summed E-state index contributed by atoms with van der Waals surface area (Å²) in [6.07, 6.45) is 2.33. The van der Waals surface area contributed by atoms with Gasteiger partial charge in [0.2, 0.25) is 5.91 Å². The van der Waals surface area contributed by atoms with Gasteiger partial charge in [0.15, 0.2) is 0 Å².